The first-order valence-electron chi connectivity index (χ1n) is 8.94. The molecule has 0 aromatic heterocycles. The van der Waals surface area contributed by atoms with Gasteiger partial charge in [0.25, 0.3) is 0 Å². The molecule has 1 aromatic carbocycles. The van der Waals surface area contributed by atoms with Crippen LogP contribution in [0.4, 0.5) is 0 Å². The van der Waals surface area contributed by atoms with Gasteiger partial charge in [0.05, 0.1) is 6.10 Å². The molecule has 2 nitrogen and oxygen atoms in total. The van der Waals surface area contributed by atoms with Crippen LogP contribution < -0.4 is 0 Å². The number of benzene rings is 1. The molecule has 1 aliphatic carbocycles. The number of aliphatic hydroxyl groups excluding tert-OH is 1. The second-order valence-corrected chi connectivity index (χ2v) is 8.06. The molecule has 0 unspecified atom stereocenters. The summed E-state index contributed by atoms with van der Waals surface area (Å²) in [6.07, 6.45) is 4.35. The molecule has 1 saturated carbocycles. The van der Waals surface area contributed by atoms with Crippen molar-refractivity contribution in [2.45, 2.75) is 71.1 Å². The number of nitrogens with zero attached hydrogens (tertiary/aromatic N) is 1. The zero-order valence-electron chi connectivity index (χ0n) is 14.5. The molecule has 0 spiro atoms. The molecule has 0 bridgehead atoms. The first-order valence-corrected chi connectivity index (χ1v) is 8.94. The van der Waals surface area contributed by atoms with Gasteiger partial charge in [-0.15, -0.1) is 0 Å². The van der Waals surface area contributed by atoms with Gasteiger partial charge in [0.2, 0.25) is 0 Å². The summed E-state index contributed by atoms with van der Waals surface area (Å²) in [6, 6.07) is 9.29. The highest BCUT2D eigenvalue weighted by Crippen LogP contribution is 2.43. The van der Waals surface area contributed by atoms with Crippen LogP contribution in [-0.4, -0.2) is 28.2 Å². The topological polar surface area (TPSA) is 23.5 Å². The third-order valence-corrected chi connectivity index (χ3v) is 6.32. The SMILES string of the molecule is C[C@H]1CC[C@H](C(C)(C)N2CCc3ccccc3[C@H]2C)[C@@H](O)C1. The van der Waals surface area contributed by atoms with Gasteiger partial charge in [-0.05, 0) is 57.1 Å². The van der Waals surface area contributed by atoms with Gasteiger partial charge in [0.15, 0.2) is 0 Å². The van der Waals surface area contributed by atoms with Gasteiger partial charge in [-0.2, -0.15) is 0 Å². The number of aliphatic hydroxyl groups is 1. The molecular weight excluding hydrogens is 270 g/mol. The van der Waals surface area contributed by atoms with Crippen molar-refractivity contribution in [1.82, 2.24) is 4.90 Å². The Hall–Kier alpha value is -0.860. The molecule has 122 valence electrons. The van der Waals surface area contributed by atoms with Gasteiger partial charge in [0.1, 0.15) is 0 Å². The molecule has 4 atom stereocenters. The van der Waals surface area contributed by atoms with Crippen LogP contribution >= 0.6 is 0 Å². The normalized spacial score (nSPS) is 33.5. The molecule has 0 amide bonds. The first kappa shape index (κ1) is 16.0. The third kappa shape index (κ3) is 2.72. The Balaban J connectivity index is 1.84. The van der Waals surface area contributed by atoms with E-state index in [1.807, 2.05) is 0 Å². The van der Waals surface area contributed by atoms with Crippen molar-refractivity contribution in [1.29, 1.82) is 0 Å². The summed E-state index contributed by atoms with van der Waals surface area (Å²) in [5, 5.41) is 10.7. The van der Waals surface area contributed by atoms with E-state index < -0.39 is 0 Å². The smallest absolute Gasteiger partial charge is 0.0588 e. The lowest BCUT2D eigenvalue weighted by atomic mass is 9.70. The van der Waals surface area contributed by atoms with E-state index in [1.54, 1.807) is 0 Å². The lowest BCUT2D eigenvalue weighted by Gasteiger charge is -2.52. The molecule has 1 fully saturated rings. The van der Waals surface area contributed by atoms with Gasteiger partial charge < -0.3 is 5.11 Å². The number of rotatable bonds is 2. The van der Waals surface area contributed by atoms with Crippen molar-refractivity contribution in [3.63, 3.8) is 0 Å². The average molecular weight is 301 g/mol. The molecule has 2 aliphatic rings. The standard InChI is InChI=1S/C20H31NO/c1-14-9-10-18(19(22)13-14)20(3,4)21-12-11-16-7-5-6-8-17(16)15(21)2/h5-8,14-15,18-19,22H,9-13H2,1-4H3/t14-,15+,18-,19-/m0/s1. The quantitative estimate of drug-likeness (QED) is 0.885. The molecule has 0 saturated heterocycles. The summed E-state index contributed by atoms with van der Waals surface area (Å²) in [4.78, 5) is 2.64. The van der Waals surface area contributed by atoms with Crippen LogP contribution in [0.15, 0.2) is 24.3 Å². The molecule has 1 heterocycles. The molecule has 22 heavy (non-hydrogen) atoms. The van der Waals surface area contributed by atoms with Gasteiger partial charge in [-0.3, -0.25) is 4.90 Å². The highest BCUT2D eigenvalue weighted by molar-refractivity contribution is 5.32. The lowest BCUT2D eigenvalue weighted by Crippen LogP contribution is -2.56. The van der Waals surface area contributed by atoms with Gasteiger partial charge >= 0.3 is 0 Å². The van der Waals surface area contributed by atoms with E-state index in [0.717, 1.165) is 25.8 Å². The Bertz CT molecular complexity index is 524. The monoisotopic (exact) mass is 301 g/mol. The van der Waals surface area contributed by atoms with Gasteiger partial charge in [-0.25, -0.2) is 0 Å². The Morgan fingerprint density at radius 1 is 1.14 bits per heavy atom. The Morgan fingerprint density at radius 3 is 2.59 bits per heavy atom. The van der Waals surface area contributed by atoms with Crippen LogP contribution in [0, 0.1) is 11.8 Å². The minimum atomic E-state index is -0.150. The van der Waals surface area contributed by atoms with Crippen LogP contribution in [0.3, 0.4) is 0 Å². The van der Waals surface area contributed by atoms with E-state index >= 15 is 0 Å². The van der Waals surface area contributed by atoms with Crippen LogP contribution in [0.2, 0.25) is 0 Å². The summed E-state index contributed by atoms with van der Waals surface area (Å²) in [7, 11) is 0. The molecule has 1 aliphatic heterocycles. The second kappa shape index (κ2) is 5.98. The summed E-state index contributed by atoms with van der Waals surface area (Å²) in [5.41, 5.74) is 3.02. The number of hydrogen-bond acceptors (Lipinski definition) is 2. The number of fused-ring (bicyclic) bond motifs is 1. The summed E-state index contributed by atoms with van der Waals surface area (Å²) >= 11 is 0. The van der Waals surface area contributed by atoms with E-state index in [2.05, 4.69) is 56.9 Å². The molecular formula is C20H31NO. The lowest BCUT2D eigenvalue weighted by molar-refractivity contribution is -0.0606. The minimum absolute atomic E-state index is 0.0481. The first-order chi connectivity index (χ1) is 10.4. The highest BCUT2D eigenvalue weighted by Gasteiger charge is 2.44. The van der Waals surface area contributed by atoms with Crippen molar-refractivity contribution >= 4 is 0 Å². The highest BCUT2D eigenvalue weighted by atomic mass is 16.3. The fourth-order valence-corrected chi connectivity index (χ4v) is 4.95. The van der Waals surface area contributed by atoms with Crippen LogP contribution in [-0.2, 0) is 6.42 Å². The fraction of sp³-hybridized carbons (Fsp3) is 0.700. The van der Waals surface area contributed by atoms with Crippen molar-refractivity contribution in [2.24, 2.45) is 11.8 Å². The summed E-state index contributed by atoms with van der Waals surface area (Å²) in [6.45, 7) is 10.4. The predicted molar refractivity (Wildman–Crippen MR) is 91.9 cm³/mol. The third-order valence-electron chi connectivity index (χ3n) is 6.32. The summed E-state index contributed by atoms with van der Waals surface area (Å²) in [5.74, 6) is 1.05. The molecule has 1 aromatic rings. The largest absolute Gasteiger partial charge is 0.393 e. The predicted octanol–water partition coefficient (Wildman–Crippen LogP) is 4.18. The van der Waals surface area contributed by atoms with Crippen molar-refractivity contribution in [2.75, 3.05) is 6.54 Å². The molecule has 2 heteroatoms. The molecule has 0 radical (unpaired) electrons. The Morgan fingerprint density at radius 2 is 1.86 bits per heavy atom. The van der Waals surface area contributed by atoms with Crippen molar-refractivity contribution < 1.29 is 5.11 Å². The minimum Gasteiger partial charge on any atom is -0.393 e. The van der Waals surface area contributed by atoms with Crippen molar-refractivity contribution in [3.8, 4) is 0 Å². The maximum atomic E-state index is 10.7. The Kier molecular flexibility index (Phi) is 4.35. The molecule has 3 rings (SSSR count). The second-order valence-electron chi connectivity index (χ2n) is 8.06. The van der Waals surface area contributed by atoms with E-state index in [9.17, 15) is 5.11 Å². The average Bonchev–Trinajstić information content (AvgIpc) is 2.47. The van der Waals surface area contributed by atoms with Gasteiger partial charge in [-0.1, -0.05) is 37.6 Å². The van der Waals surface area contributed by atoms with Crippen molar-refractivity contribution in [3.05, 3.63) is 35.4 Å². The zero-order chi connectivity index (χ0) is 15.9. The van der Waals surface area contributed by atoms with E-state index in [4.69, 9.17) is 0 Å². The maximum Gasteiger partial charge on any atom is 0.0588 e. The van der Waals surface area contributed by atoms with Crippen LogP contribution in [0.1, 0.15) is 64.1 Å². The number of hydrogen-bond donors (Lipinski definition) is 1. The van der Waals surface area contributed by atoms with E-state index in [1.165, 1.54) is 17.5 Å². The fourth-order valence-electron chi connectivity index (χ4n) is 4.95. The van der Waals surface area contributed by atoms with Crippen LogP contribution in [0.5, 0.6) is 0 Å². The van der Waals surface area contributed by atoms with Gasteiger partial charge in [0, 0.05) is 24.0 Å². The van der Waals surface area contributed by atoms with E-state index in [-0.39, 0.29) is 11.6 Å². The van der Waals surface area contributed by atoms with Crippen LogP contribution in [0.25, 0.3) is 0 Å². The maximum absolute atomic E-state index is 10.7. The molecule has 1 N–H and O–H groups in total. The Labute approximate surface area is 135 Å². The van der Waals surface area contributed by atoms with E-state index in [0.29, 0.717) is 17.9 Å². The summed E-state index contributed by atoms with van der Waals surface area (Å²) < 4.78 is 0. The zero-order valence-corrected chi connectivity index (χ0v) is 14.5.